The SMILES string of the molecule is CC/C=C\C/C=C\C/C=C\C/C=C\C/C=C\C/C=C\CCCCC(=O)OC(CCCCC/C=C\C/C=C\CCCCCCC)CCCCCCCC(=O)NCC(=O)NC(CO)C(=O)O. The van der Waals surface area contributed by atoms with Gasteiger partial charge in [-0.25, -0.2) is 4.79 Å². The Balaban J connectivity index is 4.47. The van der Waals surface area contributed by atoms with E-state index in [1.54, 1.807) is 0 Å². The molecule has 0 aromatic heterocycles. The summed E-state index contributed by atoms with van der Waals surface area (Å²) in [6.45, 7) is 3.35. The highest BCUT2D eigenvalue weighted by Crippen LogP contribution is 2.18. The lowest BCUT2D eigenvalue weighted by Crippen LogP contribution is -2.47. The van der Waals surface area contributed by atoms with E-state index in [1.165, 1.54) is 38.5 Å². The first-order valence-corrected chi connectivity index (χ1v) is 25.1. The summed E-state index contributed by atoms with van der Waals surface area (Å²) < 4.78 is 6.03. The molecule has 9 nitrogen and oxygen atoms in total. The molecule has 2 atom stereocenters. The highest BCUT2D eigenvalue weighted by atomic mass is 16.5. The fourth-order valence-corrected chi connectivity index (χ4v) is 6.75. The van der Waals surface area contributed by atoms with E-state index < -0.39 is 24.5 Å². The fraction of sp³-hybridized carbons (Fsp3) is 0.636. The van der Waals surface area contributed by atoms with Crippen LogP contribution in [0.1, 0.15) is 200 Å². The number of amides is 2. The zero-order valence-electron chi connectivity index (χ0n) is 40.2. The number of carboxylic acids is 1. The molecule has 0 aliphatic carbocycles. The lowest BCUT2D eigenvalue weighted by Gasteiger charge is -2.18. The molecule has 4 N–H and O–H groups in total. The van der Waals surface area contributed by atoms with Gasteiger partial charge < -0.3 is 25.6 Å². The van der Waals surface area contributed by atoms with Crippen molar-refractivity contribution in [3.63, 3.8) is 0 Å². The molecule has 2 unspecified atom stereocenters. The van der Waals surface area contributed by atoms with Gasteiger partial charge in [0, 0.05) is 12.8 Å². The quantitative estimate of drug-likeness (QED) is 0.0271. The number of carboxylic acid groups (broad SMARTS) is 1. The van der Waals surface area contributed by atoms with Crippen LogP contribution in [-0.4, -0.2) is 59.3 Å². The summed E-state index contributed by atoms with van der Waals surface area (Å²) in [5, 5.41) is 22.6. The smallest absolute Gasteiger partial charge is 0.328 e. The molecular formula is C55H90N2O7. The summed E-state index contributed by atoms with van der Waals surface area (Å²) >= 11 is 0. The third kappa shape index (κ3) is 44.4. The van der Waals surface area contributed by atoms with Gasteiger partial charge in [0.25, 0.3) is 0 Å². The Labute approximate surface area is 389 Å². The maximum absolute atomic E-state index is 12.9. The van der Waals surface area contributed by atoms with Gasteiger partial charge in [-0.2, -0.15) is 0 Å². The molecule has 0 aromatic carbocycles. The Hall–Kier alpha value is -4.24. The predicted octanol–water partition coefficient (Wildman–Crippen LogP) is 13.4. The van der Waals surface area contributed by atoms with Crippen molar-refractivity contribution < 1.29 is 34.1 Å². The number of nitrogens with one attached hydrogen (secondary N) is 2. The number of ether oxygens (including phenoxy) is 1. The number of allylic oxidation sites excluding steroid dienone is 16. The summed E-state index contributed by atoms with van der Waals surface area (Å²) in [4.78, 5) is 47.8. The maximum atomic E-state index is 12.9. The number of carbonyl (C=O) groups is 4. The van der Waals surface area contributed by atoms with Crippen molar-refractivity contribution in [1.82, 2.24) is 10.6 Å². The molecular weight excluding hydrogens is 801 g/mol. The first-order chi connectivity index (χ1) is 31.3. The Morgan fingerprint density at radius 3 is 1.38 bits per heavy atom. The molecule has 0 heterocycles. The average Bonchev–Trinajstić information content (AvgIpc) is 3.28. The third-order valence-electron chi connectivity index (χ3n) is 10.6. The van der Waals surface area contributed by atoms with Crippen LogP contribution in [0, 0.1) is 0 Å². The Bertz CT molecular complexity index is 1390. The van der Waals surface area contributed by atoms with Crippen molar-refractivity contribution in [1.29, 1.82) is 0 Å². The summed E-state index contributed by atoms with van der Waals surface area (Å²) in [7, 11) is 0. The van der Waals surface area contributed by atoms with Gasteiger partial charge >= 0.3 is 11.9 Å². The number of rotatable bonds is 44. The molecule has 0 aromatic rings. The minimum atomic E-state index is -1.39. The predicted molar refractivity (Wildman–Crippen MR) is 268 cm³/mol. The molecule has 64 heavy (non-hydrogen) atoms. The largest absolute Gasteiger partial charge is 0.480 e. The molecule has 362 valence electrons. The molecule has 0 fully saturated rings. The van der Waals surface area contributed by atoms with Crippen molar-refractivity contribution in [2.24, 2.45) is 0 Å². The third-order valence-corrected chi connectivity index (χ3v) is 10.6. The maximum Gasteiger partial charge on any atom is 0.328 e. The molecule has 0 radical (unpaired) electrons. The normalized spacial score (nSPS) is 13.3. The summed E-state index contributed by atoms with van der Waals surface area (Å²) in [5.74, 6) is -2.37. The molecule has 0 saturated heterocycles. The second-order valence-electron chi connectivity index (χ2n) is 16.5. The molecule has 0 rings (SSSR count). The van der Waals surface area contributed by atoms with Crippen LogP contribution in [0.4, 0.5) is 0 Å². The lowest BCUT2D eigenvalue weighted by molar-refractivity contribution is -0.150. The Morgan fingerprint density at radius 2 is 0.891 bits per heavy atom. The zero-order chi connectivity index (χ0) is 46.8. The van der Waals surface area contributed by atoms with Crippen molar-refractivity contribution in [3.05, 3.63) is 97.2 Å². The van der Waals surface area contributed by atoms with E-state index >= 15 is 0 Å². The Morgan fingerprint density at radius 1 is 0.484 bits per heavy atom. The molecule has 0 spiro atoms. The van der Waals surface area contributed by atoms with Gasteiger partial charge in [-0.1, -0.05) is 162 Å². The lowest BCUT2D eigenvalue weighted by atomic mass is 10.0. The minimum absolute atomic E-state index is 0.0676. The van der Waals surface area contributed by atoms with Gasteiger partial charge in [0.15, 0.2) is 0 Å². The van der Waals surface area contributed by atoms with Crippen LogP contribution in [-0.2, 0) is 23.9 Å². The first kappa shape index (κ1) is 59.8. The van der Waals surface area contributed by atoms with Crippen LogP contribution in [0.25, 0.3) is 0 Å². The van der Waals surface area contributed by atoms with Gasteiger partial charge in [-0.3, -0.25) is 14.4 Å². The van der Waals surface area contributed by atoms with Crippen molar-refractivity contribution in [2.45, 2.75) is 212 Å². The molecule has 0 aliphatic rings. The highest BCUT2D eigenvalue weighted by molar-refractivity contribution is 5.87. The number of hydrogen-bond donors (Lipinski definition) is 4. The van der Waals surface area contributed by atoms with E-state index in [2.05, 4.69) is 122 Å². The van der Waals surface area contributed by atoms with Crippen molar-refractivity contribution in [3.8, 4) is 0 Å². The van der Waals surface area contributed by atoms with Crippen LogP contribution in [0.5, 0.6) is 0 Å². The van der Waals surface area contributed by atoms with Crippen LogP contribution in [0.2, 0.25) is 0 Å². The van der Waals surface area contributed by atoms with E-state index in [0.29, 0.717) is 12.8 Å². The number of esters is 1. The van der Waals surface area contributed by atoms with E-state index in [4.69, 9.17) is 14.9 Å². The number of carbonyl (C=O) groups excluding carboxylic acids is 3. The van der Waals surface area contributed by atoms with Crippen molar-refractivity contribution >= 4 is 23.8 Å². The minimum Gasteiger partial charge on any atom is -0.480 e. The summed E-state index contributed by atoms with van der Waals surface area (Å²) in [5.41, 5.74) is 0. The van der Waals surface area contributed by atoms with E-state index in [1.807, 2.05) is 0 Å². The van der Waals surface area contributed by atoms with Gasteiger partial charge in [0.05, 0.1) is 13.2 Å². The van der Waals surface area contributed by atoms with Crippen molar-refractivity contribution in [2.75, 3.05) is 13.2 Å². The number of aliphatic carboxylic acids is 1. The number of aliphatic hydroxyl groups excluding tert-OH is 1. The van der Waals surface area contributed by atoms with Crippen LogP contribution in [0.3, 0.4) is 0 Å². The second-order valence-corrected chi connectivity index (χ2v) is 16.5. The molecule has 0 bridgehead atoms. The molecule has 0 aliphatic heterocycles. The number of aliphatic hydroxyl groups is 1. The zero-order valence-corrected chi connectivity index (χ0v) is 40.2. The molecule has 0 saturated carbocycles. The number of hydrogen-bond acceptors (Lipinski definition) is 6. The summed E-state index contributed by atoms with van der Waals surface area (Å²) in [6.07, 6.45) is 64.3. The van der Waals surface area contributed by atoms with Crippen LogP contribution in [0.15, 0.2) is 97.2 Å². The summed E-state index contributed by atoms with van der Waals surface area (Å²) in [6, 6.07) is -1.39. The van der Waals surface area contributed by atoms with Gasteiger partial charge in [-0.15, -0.1) is 0 Å². The molecule has 9 heteroatoms. The fourth-order valence-electron chi connectivity index (χ4n) is 6.75. The topological polar surface area (TPSA) is 142 Å². The van der Waals surface area contributed by atoms with Crippen LogP contribution >= 0.6 is 0 Å². The average molecular weight is 891 g/mol. The monoisotopic (exact) mass is 891 g/mol. The van der Waals surface area contributed by atoms with Gasteiger partial charge in [0.2, 0.25) is 11.8 Å². The van der Waals surface area contributed by atoms with E-state index in [-0.39, 0.29) is 30.9 Å². The first-order valence-electron chi connectivity index (χ1n) is 25.1. The van der Waals surface area contributed by atoms with E-state index in [0.717, 1.165) is 128 Å². The highest BCUT2D eigenvalue weighted by Gasteiger charge is 2.19. The van der Waals surface area contributed by atoms with Gasteiger partial charge in [0.1, 0.15) is 12.1 Å². The standard InChI is InChI=1S/C55H90N2O7/c1-3-5-7-9-11-13-15-17-19-20-21-22-23-24-26-28-30-32-34-39-43-47-54(61)64-50(44-40-36-33-31-29-27-25-18-16-14-12-10-8-6-4-2)45-41-37-35-38-42-46-52(59)56-48-53(60)57-51(49-58)55(62)63/h5,7,11,13,16-19,21-22,24,26-27,29-30,32,50-51,58H,3-4,6,8-10,12,14-15,20,23,25,28,31,33-49H2,1-2H3,(H,56,59)(H,57,60)(H,62,63)/b7-5-,13-11-,18-16-,19-17-,22-21-,26-24-,29-27-,32-30-. The molecule has 2 amide bonds. The second kappa shape index (κ2) is 48.2. The van der Waals surface area contributed by atoms with Crippen LogP contribution < -0.4 is 10.6 Å². The van der Waals surface area contributed by atoms with E-state index in [9.17, 15) is 19.2 Å². The Kier molecular flexibility index (Phi) is 45.0. The van der Waals surface area contributed by atoms with Gasteiger partial charge in [-0.05, 0) is 122 Å². The number of unbranched alkanes of at least 4 members (excludes halogenated alkanes) is 14.